The Hall–Kier alpha value is -0.940. The number of halogens is 3. The van der Waals surface area contributed by atoms with Crippen LogP contribution in [0.5, 0.6) is 11.5 Å². The van der Waals surface area contributed by atoms with Crippen molar-refractivity contribution in [3.63, 3.8) is 0 Å². The third-order valence-corrected chi connectivity index (χ3v) is 4.62. The Balaban J connectivity index is 2.47. The third-order valence-electron chi connectivity index (χ3n) is 3.06. The molecule has 2 rings (SSSR count). The number of benzene rings is 2. The molecule has 0 aliphatic rings. The molecule has 0 spiro atoms. The van der Waals surface area contributed by atoms with Gasteiger partial charge in [-0.2, -0.15) is 0 Å². The lowest BCUT2D eigenvalue weighted by atomic mass is 10.0. The van der Waals surface area contributed by atoms with Crippen molar-refractivity contribution in [3.8, 4) is 11.5 Å². The minimum Gasteiger partial charge on any atom is -0.493 e. The number of rotatable bonds is 4. The SMILES string of the molecule is COc1cc(Cl)c(C(O)c2ccc(Br)c(Cl)c2)cc1OC. The first-order valence-electron chi connectivity index (χ1n) is 6.02. The van der Waals surface area contributed by atoms with Crippen LogP contribution in [0.25, 0.3) is 0 Å². The summed E-state index contributed by atoms with van der Waals surface area (Å²) in [6, 6.07) is 8.49. The molecule has 2 aromatic rings. The van der Waals surface area contributed by atoms with Crippen molar-refractivity contribution in [3.05, 3.63) is 56.0 Å². The maximum absolute atomic E-state index is 10.5. The highest BCUT2D eigenvalue weighted by molar-refractivity contribution is 9.10. The molecule has 0 aliphatic carbocycles. The van der Waals surface area contributed by atoms with E-state index in [4.69, 9.17) is 32.7 Å². The fourth-order valence-corrected chi connectivity index (χ4v) is 2.63. The summed E-state index contributed by atoms with van der Waals surface area (Å²) in [5.74, 6) is 1.01. The smallest absolute Gasteiger partial charge is 0.162 e. The van der Waals surface area contributed by atoms with Crippen LogP contribution in [-0.2, 0) is 0 Å². The second-order valence-corrected chi connectivity index (χ2v) is 5.97. The number of hydrogen-bond donors (Lipinski definition) is 1. The van der Waals surface area contributed by atoms with Crippen molar-refractivity contribution < 1.29 is 14.6 Å². The molecule has 0 aliphatic heterocycles. The van der Waals surface area contributed by atoms with Crippen LogP contribution in [0.3, 0.4) is 0 Å². The van der Waals surface area contributed by atoms with E-state index in [1.54, 1.807) is 30.3 Å². The van der Waals surface area contributed by atoms with E-state index in [1.165, 1.54) is 14.2 Å². The Morgan fingerprint density at radius 1 is 1.00 bits per heavy atom. The predicted octanol–water partition coefficient (Wildman–Crippen LogP) is 4.85. The van der Waals surface area contributed by atoms with Gasteiger partial charge in [-0.25, -0.2) is 0 Å². The van der Waals surface area contributed by atoms with Crippen LogP contribution in [-0.4, -0.2) is 19.3 Å². The molecule has 112 valence electrons. The molecule has 0 radical (unpaired) electrons. The standard InChI is InChI=1S/C15H13BrCl2O3/c1-20-13-6-9(11(17)7-14(13)21-2)15(19)8-3-4-10(16)12(18)5-8/h3-7,15,19H,1-2H3. The van der Waals surface area contributed by atoms with Gasteiger partial charge in [-0.05, 0) is 39.7 Å². The summed E-state index contributed by atoms with van der Waals surface area (Å²) in [6.07, 6.45) is -0.914. The Labute approximate surface area is 141 Å². The fraction of sp³-hybridized carbons (Fsp3) is 0.200. The maximum Gasteiger partial charge on any atom is 0.162 e. The maximum atomic E-state index is 10.5. The molecule has 1 unspecified atom stereocenters. The Morgan fingerprint density at radius 3 is 2.19 bits per heavy atom. The summed E-state index contributed by atoms with van der Waals surface area (Å²) in [5, 5.41) is 11.4. The second-order valence-electron chi connectivity index (χ2n) is 4.30. The van der Waals surface area contributed by atoms with Crippen LogP contribution in [0.4, 0.5) is 0 Å². The van der Waals surface area contributed by atoms with E-state index in [9.17, 15) is 5.11 Å². The van der Waals surface area contributed by atoms with E-state index < -0.39 is 6.10 Å². The topological polar surface area (TPSA) is 38.7 Å². The first kappa shape index (κ1) is 16.4. The summed E-state index contributed by atoms with van der Waals surface area (Å²) < 4.78 is 11.2. The number of methoxy groups -OCH3 is 2. The average Bonchev–Trinajstić information content (AvgIpc) is 2.49. The van der Waals surface area contributed by atoms with Crippen molar-refractivity contribution in [2.24, 2.45) is 0 Å². The van der Waals surface area contributed by atoms with Crippen molar-refractivity contribution in [1.82, 2.24) is 0 Å². The van der Waals surface area contributed by atoms with Crippen molar-refractivity contribution in [2.45, 2.75) is 6.10 Å². The zero-order valence-electron chi connectivity index (χ0n) is 11.4. The number of ether oxygens (including phenoxy) is 2. The fourth-order valence-electron chi connectivity index (χ4n) is 1.94. The molecular formula is C15H13BrCl2O3. The lowest BCUT2D eigenvalue weighted by Crippen LogP contribution is -2.02. The Kier molecular flexibility index (Phi) is 5.38. The van der Waals surface area contributed by atoms with Gasteiger partial charge in [-0.15, -0.1) is 0 Å². The first-order chi connectivity index (χ1) is 9.97. The zero-order chi connectivity index (χ0) is 15.6. The molecule has 2 aromatic carbocycles. The summed E-state index contributed by atoms with van der Waals surface area (Å²) >= 11 is 15.6. The van der Waals surface area contributed by atoms with E-state index in [0.717, 1.165) is 4.47 Å². The van der Waals surface area contributed by atoms with Crippen molar-refractivity contribution in [1.29, 1.82) is 0 Å². The molecule has 0 aromatic heterocycles. The lowest BCUT2D eigenvalue weighted by Gasteiger charge is -2.17. The molecule has 1 N–H and O–H groups in total. The van der Waals surface area contributed by atoms with E-state index in [2.05, 4.69) is 15.9 Å². The van der Waals surface area contributed by atoms with Crippen LogP contribution < -0.4 is 9.47 Å². The van der Waals surface area contributed by atoms with Gasteiger partial charge in [0.05, 0.1) is 24.3 Å². The molecule has 3 nitrogen and oxygen atoms in total. The predicted molar refractivity (Wildman–Crippen MR) is 87.8 cm³/mol. The van der Waals surface area contributed by atoms with Crippen LogP contribution in [0.1, 0.15) is 17.2 Å². The van der Waals surface area contributed by atoms with Gasteiger partial charge in [0.2, 0.25) is 0 Å². The van der Waals surface area contributed by atoms with Gasteiger partial charge in [0.1, 0.15) is 6.10 Å². The monoisotopic (exact) mass is 390 g/mol. The van der Waals surface area contributed by atoms with Gasteiger partial charge in [0, 0.05) is 16.1 Å². The van der Waals surface area contributed by atoms with Gasteiger partial charge in [-0.3, -0.25) is 0 Å². The molecule has 6 heteroatoms. The van der Waals surface area contributed by atoms with Crippen LogP contribution in [0, 0.1) is 0 Å². The molecule has 0 heterocycles. The third kappa shape index (κ3) is 3.46. The molecule has 1 atom stereocenters. The summed E-state index contributed by atoms with van der Waals surface area (Å²) in [4.78, 5) is 0. The summed E-state index contributed by atoms with van der Waals surface area (Å²) in [6.45, 7) is 0. The lowest BCUT2D eigenvalue weighted by molar-refractivity contribution is 0.219. The minimum atomic E-state index is -0.914. The number of aliphatic hydroxyl groups excluding tert-OH is 1. The highest BCUT2D eigenvalue weighted by atomic mass is 79.9. The van der Waals surface area contributed by atoms with E-state index in [1.807, 2.05) is 0 Å². The molecule has 0 saturated carbocycles. The highest BCUT2D eigenvalue weighted by Crippen LogP contribution is 2.38. The molecular weight excluding hydrogens is 379 g/mol. The van der Waals surface area contributed by atoms with Gasteiger partial charge in [0.15, 0.2) is 11.5 Å². The molecule has 0 amide bonds. The van der Waals surface area contributed by atoms with Crippen molar-refractivity contribution in [2.75, 3.05) is 14.2 Å². The van der Waals surface area contributed by atoms with Gasteiger partial charge in [-0.1, -0.05) is 29.3 Å². The quantitative estimate of drug-likeness (QED) is 0.809. The molecule has 0 bridgehead atoms. The van der Waals surface area contributed by atoms with Crippen LogP contribution in [0.2, 0.25) is 10.0 Å². The van der Waals surface area contributed by atoms with Gasteiger partial charge in [0.25, 0.3) is 0 Å². The molecule has 21 heavy (non-hydrogen) atoms. The zero-order valence-corrected chi connectivity index (χ0v) is 14.5. The normalized spacial score (nSPS) is 12.1. The largest absolute Gasteiger partial charge is 0.493 e. The summed E-state index contributed by atoms with van der Waals surface area (Å²) in [7, 11) is 3.05. The van der Waals surface area contributed by atoms with Crippen LogP contribution >= 0.6 is 39.1 Å². The van der Waals surface area contributed by atoms with E-state index in [0.29, 0.717) is 32.7 Å². The van der Waals surface area contributed by atoms with Gasteiger partial charge < -0.3 is 14.6 Å². The summed E-state index contributed by atoms with van der Waals surface area (Å²) in [5.41, 5.74) is 1.16. The van der Waals surface area contributed by atoms with E-state index in [-0.39, 0.29) is 0 Å². The van der Waals surface area contributed by atoms with Crippen molar-refractivity contribution >= 4 is 39.1 Å². The second kappa shape index (κ2) is 6.88. The number of hydrogen-bond acceptors (Lipinski definition) is 3. The molecule has 0 fully saturated rings. The highest BCUT2D eigenvalue weighted by Gasteiger charge is 2.18. The minimum absolute atomic E-state index is 0.388. The molecule has 0 saturated heterocycles. The van der Waals surface area contributed by atoms with Crippen LogP contribution in [0.15, 0.2) is 34.8 Å². The average molecular weight is 392 g/mol. The van der Waals surface area contributed by atoms with E-state index >= 15 is 0 Å². The number of aliphatic hydroxyl groups is 1. The van der Waals surface area contributed by atoms with Gasteiger partial charge >= 0.3 is 0 Å². The Morgan fingerprint density at radius 2 is 1.62 bits per heavy atom. The first-order valence-corrected chi connectivity index (χ1v) is 7.57. The Bertz CT molecular complexity index is 662.